The summed E-state index contributed by atoms with van der Waals surface area (Å²) < 4.78 is 14.3. The Morgan fingerprint density at radius 2 is 1.48 bits per heavy atom. The van der Waals surface area contributed by atoms with Crippen molar-refractivity contribution in [1.82, 2.24) is 4.90 Å². The van der Waals surface area contributed by atoms with Crippen molar-refractivity contribution in [3.05, 3.63) is 160 Å². The molecule has 8 heteroatoms. The Morgan fingerprint density at radius 1 is 0.839 bits per heavy atom. The highest BCUT2D eigenvalue weighted by atomic mass is 32.1. The van der Waals surface area contributed by atoms with Crippen LogP contribution in [-0.2, 0) is 25.3 Å². The largest absolute Gasteiger partial charge is 0.508 e. The van der Waals surface area contributed by atoms with Gasteiger partial charge < -0.3 is 14.3 Å². The van der Waals surface area contributed by atoms with Crippen molar-refractivity contribution in [2.75, 3.05) is 13.2 Å². The fraction of sp³-hybridized carbons (Fsp3) is 0.292. The maximum Gasteiger partial charge on any atom is 0.261 e. The number of allylic oxidation sites excluding steroid dienone is 1. The molecule has 8 rings (SSSR count). The predicted molar refractivity (Wildman–Crippen MR) is 227 cm³/mol. The van der Waals surface area contributed by atoms with E-state index in [4.69, 9.17) is 9.16 Å². The maximum atomic E-state index is 14.3. The van der Waals surface area contributed by atoms with Gasteiger partial charge in [-0.3, -0.25) is 14.5 Å². The summed E-state index contributed by atoms with van der Waals surface area (Å²) in [5.41, 5.74) is 5.56. The van der Waals surface area contributed by atoms with E-state index in [1.807, 2.05) is 35.7 Å². The van der Waals surface area contributed by atoms with Crippen molar-refractivity contribution in [1.29, 1.82) is 0 Å². The average molecular weight is 780 g/mol. The Labute approximate surface area is 335 Å². The number of fused-ring (bicyclic) bond motifs is 3. The molecule has 1 aromatic heterocycles. The molecule has 0 saturated carbocycles. The predicted octanol–water partition coefficient (Wildman–Crippen LogP) is 8.87. The molecule has 4 atom stereocenters. The molecule has 3 heterocycles. The van der Waals surface area contributed by atoms with Crippen LogP contribution in [0.1, 0.15) is 56.0 Å². The lowest BCUT2D eigenvalue weighted by molar-refractivity contribution is -0.140. The molecule has 2 fully saturated rings. The summed E-state index contributed by atoms with van der Waals surface area (Å²) in [5.74, 6) is -1.00. The molecule has 286 valence electrons. The van der Waals surface area contributed by atoms with Gasteiger partial charge in [0.2, 0.25) is 11.8 Å². The Balaban J connectivity index is 1.17. The highest BCUT2D eigenvalue weighted by molar-refractivity contribution is 7.09. The average Bonchev–Trinajstić information content (AvgIpc) is 3.95. The second-order valence-electron chi connectivity index (χ2n) is 16.3. The van der Waals surface area contributed by atoms with E-state index in [1.54, 1.807) is 23.5 Å². The van der Waals surface area contributed by atoms with Crippen LogP contribution in [0, 0.1) is 17.8 Å². The number of aromatic hydroxyl groups is 1. The minimum absolute atomic E-state index is 0.0793. The zero-order chi connectivity index (χ0) is 38.9. The van der Waals surface area contributed by atoms with Gasteiger partial charge >= 0.3 is 0 Å². The highest BCUT2D eigenvalue weighted by Gasteiger charge is 2.58. The second-order valence-corrected chi connectivity index (χ2v) is 21.6. The van der Waals surface area contributed by atoms with Gasteiger partial charge in [-0.05, 0) is 86.1 Å². The van der Waals surface area contributed by atoms with Crippen LogP contribution in [0.3, 0.4) is 0 Å². The molecule has 2 saturated heterocycles. The quantitative estimate of drug-likeness (QED) is 0.0593. The first-order valence-electron chi connectivity index (χ1n) is 19.6. The van der Waals surface area contributed by atoms with Gasteiger partial charge in [0.25, 0.3) is 8.32 Å². The number of hydrogen-bond donors (Lipinski definition) is 1. The molecular weight excluding hydrogens is 731 g/mol. The smallest absolute Gasteiger partial charge is 0.261 e. The number of amides is 2. The summed E-state index contributed by atoms with van der Waals surface area (Å²) in [5, 5.41) is 14.1. The van der Waals surface area contributed by atoms with Crippen molar-refractivity contribution in [3.63, 3.8) is 0 Å². The van der Waals surface area contributed by atoms with Crippen LogP contribution < -0.4 is 10.4 Å². The number of phenols is 1. The fourth-order valence-electron chi connectivity index (χ4n) is 9.35. The minimum Gasteiger partial charge on any atom is -0.508 e. The van der Waals surface area contributed by atoms with Gasteiger partial charge in [0.1, 0.15) is 5.75 Å². The SMILES string of the molecule is CC(C)(C)[Si](OCC1=C2[C@@H](CC/C(=C/c3ccc(O)cc3)c3ccccc3)OC[C@@H]2[C@@H]2C(=O)N(Cc3cccs3)C(=O)[C@@H]2C1)(c1ccccc1)c1ccccc1. The lowest BCUT2D eigenvalue weighted by Gasteiger charge is -2.44. The van der Waals surface area contributed by atoms with E-state index in [1.165, 1.54) is 15.3 Å². The first-order chi connectivity index (χ1) is 27.1. The Hall–Kier alpha value is -4.86. The molecule has 6 nitrogen and oxygen atoms in total. The Morgan fingerprint density at radius 3 is 2.09 bits per heavy atom. The summed E-state index contributed by atoms with van der Waals surface area (Å²) in [7, 11) is -2.91. The highest BCUT2D eigenvalue weighted by Crippen LogP contribution is 2.51. The number of likely N-dealkylation sites (tertiary alicyclic amines) is 1. The van der Waals surface area contributed by atoms with Crippen LogP contribution in [0.15, 0.2) is 144 Å². The van der Waals surface area contributed by atoms with Crippen molar-refractivity contribution < 1.29 is 23.9 Å². The number of hydrogen-bond acceptors (Lipinski definition) is 6. The number of rotatable bonds is 12. The first kappa shape index (κ1) is 38.0. The molecule has 0 spiro atoms. The van der Waals surface area contributed by atoms with Gasteiger partial charge in [-0.25, -0.2) is 0 Å². The zero-order valence-corrected chi connectivity index (χ0v) is 34.1. The molecule has 2 amide bonds. The van der Waals surface area contributed by atoms with Gasteiger partial charge in [0.05, 0.1) is 37.7 Å². The Bertz CT molecular complexity index is 2170. The molecule has 1 N–H and O–H groups in total. The molecular formula is C48H49NO5SSi. The molecule has 0 unspecified atom stereocenters. The van der Waals surface area contributed by atoms with Crippen LogP contribution in [0.4, 0.5) is 0 Å². The summed E-state index contributed by atoms with van der Waals surface area (Å²) in [6, 6.07) is 42.9. The van der Waals surface area contributed by atoms with Crippen LogP contribution in [0.5, 0.6) is 5.75 Å². The van der Waals surface area contributed by atoms with Crippen LogP contribution in [0.25, 0.3) is 11.6 Å². The fourth-order valence-corrected chi connectivity index (χ4v) is 14.6. The van der Waals surface area contributed by atoms with Gasteiger partial charge in [-0.1, -0.05) is 136 Å². The van der Waals surface area contributed by atoms with E-state index < -0.39 is 20.2 Å². The van der Waals surface area contributed by atoms with Gasteiger partial charge in [0.15, 0.2) is 0 Å². The van der Waals surface area contributed by atoms with Gasteiger partial charge in [0, 0.05) is 10.8 Å². The third-order valence-electron chi connectivity index (χ3n) is 11.9. The number of carbonyl (C=O) groups excluding carboxylic acids is 2. The van der Waals surface area contributed by atoms with Gasteiger partial charge in [-0.15, -0.1) is 11.3 Å². The number of phenolic OH excluding ortho intramolecular Hbond substituents is 1. The third kappa shape index (κ3) is 7.27. The third-order valence-corrected chi connectivity index (χ3v) is 17.8. The van der Waals surface area contributed by atoms with Crippen molar-refractivity contribution in [2.45, 2.75) is 57.7 Å². The topological polar surface area (TPSA) is 76.1 Å². The number of thiophene rings is 1. The normalized spacial score (nSPS) is 21.4. The van der Waals surface area contributed by atoms with Gasteiger partial charge in [-0.2, -0.15) is 0 Å². The lowest BCUT2D eigenvalue weighted by atomic mass is 9.69. The second kappa shape index (κ2) is 15.9. The molecule has 5 aromatic rings. The Kier molecular flexibility index (Phi) is 10.8. The number of benzene rings is 4. The van der Waals surface area contributed by atoms with E-state index >= 15 is 0 Å². The van der Waals surface area contributed by atoms with E-state index in [0.717, 1.165) is 39.1 Å². The molecule has 56 heavy (non-hydrogen) atoms. The van der Waals surface area contributed by atoms with E-state index in [9.17, 15) is 14.7 Å². The number of imide groups is 1. The van der Waals surface area contributed by atoms with Crippen LogP contribution >= 0.6 is 11.3 Å². The van der Waals surface area contributed by atoms with Crippen LogP contribution in [0.2, 0.25) is 5.04 Å². The summed E-state index contributed by atoms with van der Waals surface area (Å²) in [6.45, 7) is 7.93. The molecule has 0 bridgehead atoms. The van der Waals surface area contributed by atoms with E-state index in [2.05, 4.69) is 112 Å². The standard InChI is InChI=1S/C48H49NO5SSi/c1-48(2,3)56(39-17-9-5-10-18-39,40-19-11-6-12-20-40)54-31-36-29-41-45(47(52)49(46(41)51)30-38-16-13-27-55-38)42-32-53-43(44(36)42)26-23-35(34-14-7-4-8-15-34)28-33-21-24-37(50)25-22-33/h4-22,24-25,27-28,41-43,45,50H,23,26,29-32H2,1-3H3/b35-28-/t41-,42+,43-,45-/m1/s1. The monoisotopic (exact) mass is 779 g/mol. The van der Waals surface area contributed by atoms with E-state index in [-0.39, 0.29) is 34.6 Å². The van der Waals surface area contributed by atoms with Crippen molar-refractivity contribution in [3.8, 4) is 5.75 Å². The van der Waals surface area contributed by atoms with Crippen molar-refractivity contribution >= 4 is 53.5 Å². The number of ether oxygens (including phenoxy) is 1. The molecule has 1 aliphatic carbocycles. The molecule has 3 aliphatic rings. The maximum absolute atomic E-state index is 14.3. The molecule has 0 radical (unpaired) electrons. The van der Waals surface area contributed by atoms with Crippen molar-refractivity contribution in [2.24, 2.45) is 17.8 Å². The van der Waals surface area contributed by atoms with Crippen LogP contribution in [-0.4, -0.2) is 49.5 Å². The zero-order valence-electron chi connectivity index (χ0n) is 32.3. The summed E-state index contributed by atoms with van der Waals surface area (Å²) >= 11 is 1.57. The molecule has 4 aromatic carbocycles. The minimum atomic E-state index is -2.91. The summed E-state index contributed by atoms with van der Waals surface area (Å²) in [4.78, 5) is 31.1. The first-order valence-corrected chi connectivity index (χ1v) is 22.4. The molecule has 2 aliphatic heterocycles. The lowest BCUT2D eigenvalue weighted by Crippen LogP contribution is -2.66. The summed E-state index contributed by atoms with van der Waals surface area (Å²) in [6.07, 6.45) is 3.89. The number of carbonyl (C=O) groups is 2. The van der Waals surface area contributed by atoms with E-state index in [0.29, 0.717) is 32.6 Å². The number of nitrogens with zero attached hydrogens (tertiary/aromatic N) is 1.